The van der Waals surface area contributed by atoms with E-state index in [1.807, 2.05) is 54.7 Å². The third-order valence-corrected chi connectivity index (χ3v) is 3.52. The number of aliphatic hydroxyl groups excluding tert-OH is 1. The number of rotatable bonds is 4. The van der Waals surface area contributed by atoms with Crippen molar-refractivity contribution in [2.45, 2.75) is 19.4 Å². The second kappa shape index (κ2) is 5.94. The van der Waals surface area contributed by atoms with Crippen LogP contribution in [0, 0.1) is 6.92 Å². The summed E-state index contributed by atoms with van der Waals surface area (Å²) in [6.45, 7) is 2.06. The van der Waals surface area contributed by atoms with Crippen molar-refractivity contribution in [3.8, 4) is 5.69 Å². The molecule has 1 atom stereocenters. The Morgan fingerprint density at radius 3 is 2.43 bits per heavy atom. The fourth-order valence-corrected chi connectivity index (χ4v) is 2.29. The Labute approximate surface area is 124 Å². The molecule has 3 rings (SSSR count). The van der Waals surface area contributed by atoms with Gasteiger partial charge in [-0.15, -0.1) is 0 Å². The Kier molecular flexibility index (Phi) is 3.84. The normalized spacial score (nSPS) is 12.3. The lowest BCUT2D eigenvalue weighted by Gasteiger charge is -2.08. The van der Waals surface area contributed by atoms with Gasteiger partial charge in [0.15, 0.2) is 0 Å². The van der Waals surface area contributed by atoms with E-state index < -0.39 is 6.10 Å². The third-order valence-electron chi connectivity index (χ3n) is 3.52. The number of hydrogen-bond acceptors (Lipinski definition) is 2. The molecule has 0 aliphatic heterocycles. The van der Waals surface area contributed by atoms with E-state index in [1.54, 1.807) is 4.68 Å². The minimum atomic E-state index is -0.585. The number of nitrogens with zero attached hydrogens (tertiary/aromatic N) is 2. The molecule has 3 nitrogen and oxygen atoms in total. The SMILES string of the molecule is Cc1ccc(CC(O)c2ccn(-c3ccccc3)n2)cc1. The molecule has 0 bridgehead atoms. The Bertz CT molecular complexity index is 702. The van der Waals surface area contributed by atoms with Crippen LogP contribution in [-0.2, 0) is 6.42 Å². The van der Waals surface area contributed by atoms with Crippen molar-refractivity contribution in [2.24, 2.45) is 0 Å². The largest absolute Gasteiger partial charge is 0.386 e. The number of benzene rings is 2. The zero-order chi connectivity index (χ0) is 14.7. The highest BCUT2D eigenvalue weighted by atomic mass is 16.3. The number of aliphatic hydroxyl groups is 1. The van der Waals surface area contributed by atoms with Crippen LogP contribution in [0.1, 0.15) is 22.9 Å². The summed E-state index contributed by atoms with van der Waals surface area (Å²) in [5.41, 5.74) is 4.02. The van der Waals surface area contributed by atoms with Gasteiger partial charge in [-0.25, -0.2) is 4.68 Å². The van der Waals surface area contributed by atoms with Gasteiger partial charge < -0.3 is 5.11 Å². The maximum absolute atomic E-state index is 10.3. The van der Waals surface area contributed by atoms with E-state index in [4.69, 9.17) is 0 Å². The van der Waals surface area contributed by atoms with Crippen LogP contribution >= 0.6 is 0 Å². The summed E-state index contributed by atoms with van der Waals surface area (Å²) in [5.74, 6) is 0. The highest BCUT2D eigenvalue weighted by molar-refractivity contribution is 5.31. The first kappa shape index (κ1) is 13.6. The van der Waals surface area contributed by atoms with Crippen molar-refractivity contribution >= 4 is 0 Å². The van der Waals surface area contributed by atoms with Gasteiger partial charge in [0.1, 0.15) is 6.10 Å². The van der Waals surface area contributed by atoms with Crippen LogP contribution in [0.15, 0.2) is 66.9 Å². The second-order valence-electron chi connectivity index (χ2n) is 5.23. The minimum absolute atomic E-state index is 0.575. The molecule has 21 heavy (non-hydrogen) atoms. The Balaban J connectivity index is 1.75. The van der Waals surface area contributed by atoms with Gasteiger partial charge in [-0.3, -0.25) is 0 Å². The lowest BCUT2D eigenvalue weighted by atomic mass is 10.0. The fourth-order valence-electron chi connectivity index (χ4n) is 2.29. The van der Waals surface area contributed by atoms with Gasteiger partial charge in [-0.2, -0.15) is 5.10 Å². The van der Waals surface area contributed by atoms with Gasteiger partial charge >= 0.3 is 0 Å². The Morgan fingerprint density at radius 1 is 1.00 bits per heavy atom. The molecular weight excluding hydrogens is 260 g/mol. The molecule has 2 aromatic carbocycles. The van der Waals surface area contributed by atoms with Crippen molar-refractivity contribution in [3.05, 3.63) is 83.7 Å². The van der Waals surface area contributed by atoms with Crippen molar-refractivity contribution < 1.29 is 5.11 Å². The summed E-state index contributed by atoms with van der Waals surface area (Å²) < 4.78 is 1.79. The molecule has 1 N–H and O–H groups in total. The van der Waals surface area contributed by atoms with Gasteiger partial charge in [-0.05, 0) is 30.7 Å². The Hall–Kier alpha value is -2.39. The zero-order valence-electron chi connectivity index (χ0n) is 12.0. The van der Waals surface area contributed by atoms with Crippen LogP contribution in [0.4, 0.5) is 0 Å². The molecule has 0 saturated heterocycles. The minimum Gasteiger partial charge on any atom is -0.386 e. The van der Waals surface area contributed by atoms with Crippen LogP contribution in [-0.4, -0.2) is 14.9 Å². The van der Waals surface area contributed by atoms with Gasteiger partial charge in [0.25, 0.3) is 0 Å². The van der Waals surface area contributed by atoms with E-state index in [-0.39, 0.29) is 0 Å². The lowest BCUT2D eigenvalue weighted by molar-refractivity contribution is 0.173. The van der Waals surface area contributed by atoms with E-state index in [0.717, 1.165) is 11.3 Å². The lowest BCUT2D eigenvalue weighted by Crippen LogP contribution is -2.04. The summed E-state index contributed by atoms with van der Waals surface area (Å²) in [7, 11) is 0. The molecule has 0 saturated carbocycles. The predicted molar refractivity (Wildman–Crippen MR) is 83.4 cm³/mol. The molecule has 0 fully saturated rings. The second-order valence-corrected chi connectivity index (χ2v) is 5.23. The summed E-state index contributed by atoms with van der Waals surface area (Å²) >= 11 is 0. The predicted octanol–water partition coefficient (Wildman–Crippen LogP) is 3.46. The number of aryl methyl sites for hydroxylation is 1. The molecule has 1 heterocycles. The van der Waals surface area contributed by atoms with E-state index in [1.165, 1.54) is 5.56 Å². The molecule has 0 radical (unpaired) electrons. The van der Waals surface area contributed by atoms with Crippen molar-refractivity contribution in [1.82, 2.24) is 9.78 Å². The van der Waals surface area contributed by atoms with Crippen LogP contribution in [0.3, 0.4) is 0 Å². The molecule has 0 aliphatic carbocycles. The van der Waals surface area contributed by atoms with Crippen molar-refractivity contribution in [3.63, 3.8) is 0 Å². The molecule has 0 aliphatic rings. The topological polar surface area (TPSA) is 38.0 Å². The molecule has 106 valence electrons. The van der Waals surface area contributed by atoms with Crippen LogP contribution in [0.5, 0.6) is 0 Å². The van der Waals surface area contributed by atoms with Crippen molar-refractivity contribution in [1.29, 1.82) is 0 Å². The number of para-hydroxylation sites is 1. The van der Waals surface area contributed by atoms with E-state index in [9.17, 15) is 5.11 Å². The highest BCUT2D eigenvalue weighted by Crippen LogP contribution is 2.18. The first-order valence-electron chi connectivity index (χ1n) is 7.07. The first-order chi connectivity index (χ1) is 10.2. The number of aromatic nitrogens is 2. The van der Waals surface area contributed by atoms with E-state index >= 15 is 0 Å². The summed E-state index contributed by atoms with van der Waals surface area (Å²) in [5, 5.41) is 14.8. The standard InChI is InChI=1S/C18H18N2O/c1-14-7-9-15(10-8-14)13-18(21)17-11-12-20(19-17)16-5-3-2-4-6-16/h2-12,18,21H,13H2,1H3. The first-order valence-corrected chi connectivity index (χ1v) is 7.07. The van der Waals surface area contributed by atoms with E-state index in [2.05, 4.69) is 24.2 Å². The summed E-state index contributed by atoms with van der Waals surface area (Å²) in [6.07, 6.45) is 1.87. The van der Waals surface area contributed by atoms with Crippen molar-refractivity contribution in [2.75, 3.05) is 0 Å². The smallest absolute Gasteiger partial charge is 0.102 e. The fraction of sp³-hybridized carbons (Fsp3) is 0.167. The average Bonchev–Trinajstić information content (AvgIpc) is 3.00. The third kappa shape index (κ3) is 3.20. The molecule has 3 aromatic rings. The van der Waals surface area contributed by atoms with E-state index in [0.29, 0.717) is 12.1 Å². The quantitative estimate of drug-likeness (QED) is 0.793. The van der Waals surface area contributed by atoms with Crippen LogP contribution in [0.25, 0.3) is 5.69 Å². The Morgan fingerprint density at radius 2 is 1.71 bits per heavy atom. The molecule has 3 heteroatoms. The average molecular weight is 278 g/mol. The zero-order valence-corrected chi connectivity index (χ0v) is 12.0. The summed E-state index contributed by atoms with van der Waals surface area (Å²) in [4.78, 5) is 0. The van der Waals surface area contributed by atoms with Crippen LogP contribution in [0.2, 0.25) is 0 Å². The molecular formula is C18H18N2O. The van der Waals surface area contributed by atoms with Gasteiger partial charge in [0.2, 0.25) is 0 Å². The van der Waals surface area contributed by atoms with Crippen LogP contribution < -0.4 is 0 Å². The summed E-state index contributed by atoms with van der Waals surface area (Å²) in [6, 6.07) is 20.0. The molecule has 0 amide bonds. The molecule has 0 spiro atoms. The van der Waals surface area contributed by atoms with Gasteiger partial charge in [0.05, 0.1) is 11.4 Å². The number of hydrogen-bond donors (Lipinski definition) is 1. The monoisotopic (exact) mass is 278 g/mol. The van der Waals surface area contributed by atoms with Gasteiger partial charge in [-0.1, -0.05) is 48.0 Å². The molecule has 1 aromatic heterocycles. The molecule has 1 unspecified atom stereocenters. The van der Waals surface area contributed by atoms with Gasteiger partial charge in [0, 0.05) is 12.6 Å². The maximum Gasteiger partial charge on any atom is 0.102 e. The maximum atomic E-state index is 10.3. The highest BCUT2D eigenvalue weighted by Gasteiger charge is 2.12.